The number of piperazine rings is 1. The van der Waals surface area contributed by atoms with E-state index in [0.29, 0.717) is 44.0 Å². The number of carbonyl (C=O) groups excluding carboxylic acids is 3. The van der Waals surface area contributed by atoms with Crippen molar-refractivity contribution in [1.29, 1.82) is 0 Å². The summed E-state index contributed by atoms with van der Waals surface area (Å²) in [5.41, 5.74) is 2.00. The van der Waals surface area contributed by atoms with Crippen molar-refractivity contribution >= 4 is 23.7 Å². The molecule has 1 fully saturated rings. The molecule has 0 spiro atoms. The van der Waals surface area contributed by atoms with Gasteiger partial charge in [0, 0.05) is 51.5 Å². The molecular weight excluding hydrogens is 336 g/mol. The Bertz CT molecular complexity index is 682. The third kappa shape index (κ3) is 4.65. The summed E-state index contributed by atoms with van der Waals surface area (Å²) in [4.78, 5) is 41.1. The van der Waals surface area contributed by atoms with Crippen LogP contribution in [0.4, 0.5) is 15.3 Å². The molecule has 8 heteroatoms. The Morgan fingerprint density at radius 1 is 1.12 bits per heavy atom. The molecular formula is C18H26N4O4. The molecule has 1 aromatic rings. The third-order valence-corrected chi connectivity index (χ3v) is 4.23. The number of benzene rings is 1. The maximum atomic E-state index is 12.5. The molecule has 1 saturated heterocycles. The van der Waals surface area contributed by atoms with Gasteiger partial charge < -0.3 is 24.8 Å². The first-order valence-corrected chi connectivity index (χ1v) is 8.63. The van der Waals surface area contributed by atoms with Crippen molar-refractivity contribution in [3.63, 3.8) is 0 Å². The van der Waals surface area contributed by atoms with E-state index >= 15 is 0 Å². The maximum Gasteiger partial charge on any atom is 0.409 e. The smallest absolute Gasteiger partial charge is 0.409 e. The highest BCUT2D eigenvalue weighted by Gasteiger charge is 2.25. The van der Waals surface area contributed by atoms with E-state index < -0.39 is 0 Å². The Kier molecular flexibility index (Phi) is 6.43. The second kappa shape index (κ2) is 8.55. The monoisotopic (exact) mass is 362 g/mol. The molecule has 0 unspecified atom stereocenters. The predicted octanol–water partition coefficient (Wildman–Crippen LogP) is 2.00. The lowest BCUT2D eigenvalue weighted by molar-refractivity contribution is 0.0827. The summed E-state index contributed by atoms with van der Waals surface area (Å²) in [6.07, 6.45) is -0.349. The summed E-state index contributed by atoms with van der Waals surface area (Å²) in [6, 6.07) is 4.99. The fourth-order valence-corrected chi connectivity index (χ4v) is 2.65. The van der Waals surface area contributed by atoms with Crippen LogP contribution in [-0.4, -0.2) is 79.6 Å². The van der Waals surface area contributed by atoms with Gasteiger partial charge in [-0.2, -0.15) is 0 Å². The van der Waals surface area contributed by atoms with Gasteiger partial charge in [-0.3, -0.25) is 4.79 Å². The third-order valence-electron chi connectivity index (χ3n) is 4.23. The molecule has 8 nitrogen and oxygen atoms in total. The van der Waals surface area contributed by atoms with Crippen LogP contribution in [0.25, 0.3) is 0 Å². The summed E-state index contributed by atoms with van der Waals surface area (Å²) < 4.78 is 4.98. The summed E-state index contributed by atoms with van der Waals surface area (Å²) >= 11 is 0. The Morgan fingerprint density at radius 2 is 1.73 bits per heavy atom. The molecule has 26 heavy (non-hydrogen) atoms. The van der Waals surface area contributed by atoms with Gasteiger partial charge in [0.1, 0.15) is 0 Å². The van der Waals surface area contributed by atoms with Gasteiger partial charge in [0.2, 0.25) is 0 Å². The number of hydrogen-bond acceptors (Lipinski definition) is 4. The van der Waals surface area contributed by atoms with Crippen molar-refractivity contribution in [2.24, 2.45) is 0 Å². The van der Waals surface area contributed by atoms with Crippen LogP contribution in [0, 0.1) is 6.92 Å². The highest BCUT2D eigenvalue weighted by Crippen LogP contribution is 2.19. The largest absolute Gasteiger partial charge is 0.450 e. The van der Waals surface area contributed by atoms with Crippen molar-refractivity contribution in [2.45, 2.75) is 13.8 Å². The number of nitrogens with zero attached hydrogens (tertiary/aromatic N) is 3. The fourth-order valence-electron chi connectivity index (χ4n) is 2.65. The number of rotatable bonds is 3. The molecule has 2 rings (SSSR count). The number of aryl methyl sites for hydroxylation is 1. The zero-order valence-electron chi connectivity index (χ0n) is 15.7. The number of nitrogens with one attached hydrogen (secondary N) is 1. The lowest BCUT2D eigenvalue weighted by Crippen LogP contribution is -2.51. The number of amides is 4. The van der Waals surface area contributed by atoms with Crippen molar-refractivity contribution in [1.82, 2.24) is 14.7 Å². The van der Waals surface area contributed by atoms with Gasteiger partial charge in [0.05, 0.1) is 6.61 Å². The molecule has 0 atom stereocenters. The SMILES string of the molecule is CCOC(=O)N1CCN(C(=O)Nc2cc(C(=O)N(C)C)ccc2C)CC1. The van der Waals surface area contributed by atoms with Crippen LogP contribution < -0.4 is 5.32 Å². The molecule has 0 saturated carbocycles. The van der Waals surface area contributed by atoms with E-state index in [1.165, 1.54) is 4.90 Å². The van der Waals surface area contributed by atoms with Crippen LogP contribution in [0.2, 0.25) is 0 Å². The summed E-state index contributed by atoms with van der Waals surface area (Å²) in [7, 11) is 3.37. The molecule has 1 aliphatic rings. The van der Waals surface area contributed by atoms with Gasteiger partial charge in [-0.05, 0) is 31.5 Å². The zero-order valence-corrected chi connectivity index (χ0v) is 15.7. The number of urea groups is 1. The van der Waals surface area contributed by atoms with Crippen LogP contribution in [-0.2, 0) is 4.74 Å². The van der Waals surface area contributed by atoms with E-state index in [-0.39, 0.29) is 18.0 Å². The lowest BCUT2D eigenvalue weighted by atomic mass is 10.1. The molecule has 0 aliphatic carbocycles. The molecule has 4 amide bonds. The Hall–Kier alpha value is -2.77. The van der Waals surface area contributed by atoms with E-state index in [2.05, 4.69) is 5.32 Å². The van der Waals surface area contributed by atoms with Crippen LogP contribution in [0.15, 0.2) is 18.2 Å². The Labute approximate surface area is 153 Å². The number of ether oxygens (including phenoxy) is 1. The minimum absolute atomic E-state index is 0.122. The average molecular weight is 362 g/mol. The van der Waals surface area contributed by atoms with Gasteiger partial charge in [0.25, 0.3) is 5.91 Å². The Morgan fingerprint density at radius 3 is 2.31 bits per heavy atom. The lowest BCUT2D eigenvalue weighted by Gasteiger charge is -2.34. The minimum atomic E-state index is -0.349. The normalized spacial score (nSPS) is 14.0. The van der Waals surface area contributed by atoms with Gasteiger partial charge >= 0.3 is 12.1 Å². The van der Waals surface area contributed by atoms with Crippen molar-refractivity contribution < 1.29 is 19.1 Å². The fraction of sp³-hybridized carbons (Fsp3) is 0.500. The molecule has 0 radical (unpaired) electrons. The summed E-state index contributed by atoms with van der Waals surface area (Å²) in [5, 5.41) is 2.86. The quantitative estimate of drug-likeness (QED) is 0.892. The van der Waals surface area contributed by atoms with E-state index in [1.807, 2.05) is 13.0 Å². The topological polar surface area (TPSA) is 82.2 Å². The highest BCUT2D eigenvalue weighted by atomic mass is 16.6. The molecule has 0 aromatic heterocycles. The van der Waals surface area contributed by atoms with E-state index in [9.17, 15) is 14.4 Å². The van der Waals surface area contributed by atoms with Gasteiger partial charge in [-0.25, -0.2) is 9.59 Å². The first-order valence-electron chi connectivity index (χ1n) is 8.63. The zero-order chi connectivity index (χ0) is 19.3. The molecule has 1 N–H and O–H groups in total. The van der Waals surface area contributed by atoms with E-state index in [4.69, 9.17) is 4.74 Å². The van der Waals surface area contributed by atoms with Crippen LogP contribution in [0.1, 0.15) is 22.8 Å². The van der Waals surface area contributed by atoms with Crippen molar-refractivity contribution in [3.05, 3.63) is 29.3 Å². The standard InChI is InChI=1S/C18H26N4O4/c1-5-26-18(25)22-10-8-21(9-11-22)17(24)19-15-12-14(7-6-13(15)2)16(23)20(3)4/h6-7,12H,5,8-11H2,1-4H3,(H,19,24). The summed E-state index contributed by atoms with van der Waals surface area (Å²) in [5.74, 6) is -0.122. The van der Waals surface area contributed by atoms with Crippen molar-refractivity contribution in [3.8, 4) is 0 Å². The molecule has 1 heterocycles. The molecule has 0 bridgehead atoms. The number of hydrogen-bond donors (Lipinski definition) is 1. The first-order chi connectivity index (χ1) is 12.3. The van der Waals surface area contributed by atoms with E-state index in [0.717, 1.165) is 5.56 Å². The Balaban J connectivity index is 1.99. The second-order valence-electron chi connectivity index (χ2n) is 6.33. The first kappa shape index (κ1) is 19.6. The van der Waals surface area contributed by atoms with Crippen molar-refractivity contribution in [2.75, 3.05) is 52.2 Å². The number of anilines is 1. The average Bonchev–Trinajstić information content (AvgIpc) is 2.63. The highest BCUT2D eigenvalue weighted by molar-refractivity contribution is 5.97. The van der Waals surface area contributed by atoms with Crippen LogP contribution in [0.3, 0.4) is 0 Å². The van der Waals surface area contributed by atoms with Gasteiger partial charge in [-0.1, -0.05) is 6.07 Å². The van der Waals surface area contributed by atoms with E-state index in [1.54, 1.807) is 43.0 Å². The predicted molar refractivity (Wildman–Crippen MR) is 98.4 cm³/mol. The van der Waals surface area contributed by atoms with Gasteiger partial charge in [0.15, 0.2) is 0 Å². The number of carbonyl (C=O) groups is 3. The summed E-state index contributed by atoms with van der Waals surface area (Å²) in [6.45, 7) is 5.70. The van der Waals surface area contributed by atoms with Crippen LogP contribution >= 0.6 is 0 Å². The molecule has 1 aliphatic heterocycles. The second-order valence-corrected chi connectivity index (χ2v) is 6.33. The van der Waals surface area contributed by atoms with Crippen LogP contribution in [0.5, 0.6) is 0 Å². The molecule has 142 valence electrons. The maximum absolute atomic E-state index is 12.5. The van der Waals surface area contributed by atoms with Gasteiger partial charge in [-0.15, -0.1) is 0 Å². The molecule has 1 aromatic carbocycles. The minimum Gasteiger partial charge on any atom is -0.450 e.